The van der Waals surface area contributed by atoms with Gasteiger partial charge < -0.3 is 10.0 Å². The number of hydrogen-bond acceptors (Lipinski definition) is 6. The fraction of sp³-hybridized carbons (Fsp3) is 0.529. The molecule has 1 aliphatic rings. The molecule has 25 heavy (non-hydrogen) atoms. The van der Waals surface area contributed by atoms with Gasteiger partial charge in [0.1, 0.15) is 11.6 Å². The van der Waals surface area contributed by atoms with Crippen LogP contribution in [0.2, 0.25) is 0 Å². The van der Waals surface area contributed by atoms with Gasteiger partial charge in [-0.3, -0.25) is 9.36 Å². The van der Waals surface area contributed by atoms with Gasteiger partial charge in [0, 0.05) is 51.3 Å². The first-order valence-electron chi connectivity index (χ1n) is 8.70. The highest BCUT2D eigenvalue weighted by molar-refractivity contribution is 5.87. The quantitative estimate of drug-likeness (QED) is 0.765. The van der Waals surface area contributed by atoms with Crippen LogP contribution >= 0.6 is 0 Å². The summed E-state index contributed by atoms with van der Waals surface area (Å²) in [7, 11) is 3.85. The van der Waals surface area contributed by atoms with Crippen LogP contribution in [0.3, 0.4) is 0 Å². The second-order valence-electron chi connectivity index (χ2n) is 6.54. The lowest BCUT2D eigenvalue weighted by atomic mass is 10.0. The van der Waals surface area contributed by atoms with Gasteiger partial charge in [0.2, 0.25) is 0 Å². The Balaban J connectivity index is 1.79. The number of aliphatic hydroxyl groups excluding tert-OH is 1. The first kappa shape index (κ1) is 16.0. The molecule has 3 aromatic heterocycles. The molecule has 4 heterocycles. The van der Waals surface area contributed by atoms with Crippen LogP contribution < -0.4 is 4.90 Å². The van der Waals surface area contributed by atoms with E-state index in [0.29, 0.717) is 6.54 Å². The molecule has 0 radical (unpaired) electrons. The fourth-order valence-corrected chi connectivity index (χ4v) is 3.61. The third kappa shape index (κ3) is 2.57. The number of nitrogens with zero attached hydrogens (tertiary/aromatic N) is 7. The molecule has 132 valence electrons. The number of aliphatic hydroxyl groups is 1. The lowest BCUT2D eigenvalue weighted by Gasteiger charge is -2.29. The number of aryl methyl sites for hydroxylation is 3. The van der Waals surface area contributed by atoms with Crippen LogP contribution in [0.5, 0.6) is 0 Å². The molecule has 0 aliphatic carbocycles. The minimum Gasteiger partial charge on any atom is -0.390 e. The average molecular weight is 341 g/mol. The molecule has 0 saturated heterocycles. The topological polar surface area (TPSA) is 84.9 Å². The number of aromatic nitrogens is 6. The molecule has 0 bridgehead atoms. The molecule has 0 aromatic carbocycles. The summed E-state index contributed by atoms with van der Waals surface area (Å²) < 4.78 is 3.69. The van der Waals surface area contributed by atoms with Crippen LogP contribution in [0, 0.1) is 0 Å². The molecule has 3 aromatic rings. The monoisotopic (exact) mass is 341 g/mol. The molecule has 0 unspecified atom stereocenters. The van der Waals surface area contributed by atoms with E-state index in [4.69, 9.17) is 4.98 Å². The molecule has 4 rings (SSSR count). The van der Waals surface area contributed by atoms with Crippen molar-refractivity contribution >= 4 is 16.9 Å². The number of fused-ring (bicyclic) bond motifs is 2. The van der Waals surface area contributed by atoms with Gasteiger partial charge in [-0.2, -0.15) is 10.2 Å². The first-order chi connectivity index (χ1) is 12.1. The van der Waals surface area contributed by atoms with Crippen molar-refractivity contribution in [3.8, 4) is 0 Å². The predicted octanol–water partition coefficient (Wildman–Crippen LogP) is 1.10. The number of hydrogen-bond donors (Lipinski definition) is 1. The van der Waals surface area contributed by atoms with Crippen molar-refractivity contribution < 1.29 is 5.11 Å². The zero-order chi connectivity index (χ0) is 17.6. The van der Waals surface area contributed by atoms with E-state index in [1.807, 2.05) is 25.0 Å². The van der Waals surface area contributed by atoms with Crippen molar-refractivity contribution in [3.63, 3.8) is 0 Å². The minimum absolute atomic E-state index is 0.0375. The van der Waals surface area contributed by atoms with Crippen molar-refractivity contribution in [1.82, 2.24) is 29.5 Å². The molecule has 8 nitrogen and oxygen atoms in total. The Bertz CT molecular complexity index is 927. The smallest absolute Gasteiger partial charge is 0.163 e. The normalized spacial score (nSPS) is 14.3. The average Bonchev–Trinajstić information content (AvgIpc) is 3.15. The molecule has 0 atom stereocenters. The lowest BCUT2D eigenvalue weighted by molar-refractivity contribution is 0.274. The summed E-state index contributed by atoms with van der Waals surface area (Å²) in [6.07, 6.45) is 4.58. The molecule has 0 spiro atoms. The summed E-state index contributed by atoms with van der Waals surface area (Å²) in [6, 6.07) is 0. The summed E-state index contributed by atoms with van der Waals surface area (Å²) in [5.74, 6) is 1.79. The van der Waals surface area contributed by atoms with Crippen molar-refractivity contribution in [2.45, 2.75) is 39.3 Å². The van der Waals surface area contributed by atoms with E-state index in [-0.39, 0.29) is 6.61 Å². The van der Waals surface area contributed by atoms with Crippen LogP contribution in [0.4, 0.5) is 5.82 Å². The van der Waals surface area contributed by atoms with Crippen LogP contribution in [-0.4, -0.2) is 41.2 Å². The Kier molecular flexibility index (Phi) is 3.91. The van der Waals surface area contributed by atoms with Crippen molar-refractivity contribution in [2.24, 2.45) is 14.1 Å². The molecular weight excluding hydrogens is 318 g/mol. The van der Waals surface area contributed by atoms with Gasteiger partial charge in [0.15, 0.2) is 5.65 Å². The summed E-state index contributed by atoms with van der Waals surface area (Å²) in [5, 5.41) is 19.4. The highest BCUT2D eigenvalue weighted by Crippen LogP contribution is 2.30. The summed E-state index contributed by atoms with van der Waals surface area (Å²) in [5.41, 5.74) is 3.94. The van der Waals surface area contributed by atoms with E-state index in [1.54, 1.807) is 4.68 Å². The maximum Gasteiger partial charge on any atom is 0.163 e. The van der Waals surface area contributed by atoms with E-state index in [0.717, 1.165) is 59.7 Å². The maximum absolute atomic E-state index is 9.62. The van der Waals surface area contributed by atoms with E-state index < -0.39 is 0 Å². The van der Waals surface area contributed by atoms with Crippen LogP contribution in [0.1, 0.15) is 36.1 Å². The fourth-order valence-electron chi connectivity index (χ4n) is 3.61. The highest BCUT2D eigenvalue weighted by atomic mass is 16.3. The van der Waals surface area contributed by atoms with Crippen molar-refractivity contribution in [2.75, 3.05) is 11.4 Å². The Morgan fingerprint density at radius 2 is 2.04 bits per heavy atom. The standard InChI is InChI=1S/C17H23N7O/c1-4-5-15-19-16-11(8-18-23(16)3)17(20-15)24-7-6-14-12(9-24)13(10-25)21-22(14)2/h8,25H,4-7,9-10H2,1-3H3. The van der Waals surface area contributed by atoms with Crippen LogP contribution in [-0.2, 0) is 40.1 Å². The summed E-state index contributed by atoms with van der Waals surface area (Å²) in [6.45, 7) is 3.66. The lowest BCUT2D eigenvalue weighted by Crippen LogP contribution is -2.32. The van der Waals surface area contributed by atoms with Gasteiger partial charge >= 0.3 is 0 Å². The third-order valence-corrected chi connectivity index (χ3v) is 4.87. The van der Waals surface area contributed by atoms with Crippen LogP contribution in [0.15, 0.2) is 6.20 Å². The molecule has 0 saturated carbocycles. The maximum atomic E-state index is 9.62. The zero-order valence-corrected chi connectivity index (χ0v) is 14.9. The van der Waals surface area contributed by atoms with E-state index in [9.17, 15) is 5.11 Å². The van der Waals surface area contributed by atoms with Crippen molar-refractivity contribution in [3.05, 3.63) is 29.0 Å². The van der Waals surface area contributed by atoms with Gasteiger partial charge in [-0.1, -0.05) is 6.92 Å². The Morgan fingerprint density at radius 3 is 2.80 bits per heavy atom. The summed E-state index contributed by atoms with van der Waals surface area (Å²) >= 11 is 0. The second-order valence-corrected chi connectivity index (χ2v) is 6.54. The predicted molar refractivity (Wildman–Crippen MR) is 94.2 cm³/mol. The molecule has 1 aliphatic heterocycles. The molecule has 1 N–H and O–H groups in total. The SMILES string of the molecule is CCCc1nc(N2CCc3c(c(CO)nn3C)C2)c2cnn(C)c2n1. The number of anilines is 1. The molecule has 0 amide bonds. The molecular formula is C17H23N7O. The molecule has 0 fully saturated rings. The van der Waals surface area contributed by atoms with Gasteiger partial charge in [0.05, 0.1) is 23.9 Å². The first-order valence-corrected chi connectivity index (χ1v) is 8.70. The van der Waals surface area contributed by atoms with Gasteiger partial charge in [0.25, 0.3) is 0 Å². The largest absolute Gasteiger partial charge is 0.390 e. The van der Waals surface area contributed by atoms with Gasteiger partial charge in [-0.05, 0) is 6.42 Å². The highest BCUT2D eigenvalue weighted by Gasteiger charge is 2.26. The van der Waals surface area contributed by atoms with E-state index in [1.165, 1.54) is 5.69 Å². The van der Waals surface area contributed by atoms with Crippen LogP contribution in [0.25, 0.3) is 11.0 Å². The minimum atomic E-state index is -0.0375. The zero-order valence-electron chi connectivity index (χ0n) is 14.9. The van der Waals surface area contributed by atoms with Gasteiger partial charge in [-0.15, -0.1) is 0 Å². The Labute approximate surface area is 146 Å². The van der Waals surface area contributed by atoms with E-state index >= 15 is 0 Å². The number of rotatable bonds is 4. The summed E-state index contributed by atoms with van der Waals surface area (Å²) in [4.78, 5) is 11.8. The Morgan fingerprint density at radius 1 is 1.20 bits per heavy atom. The molecule has 8 heteroatoms. The third-order valence-electron chi connectivity index (χ3n) is 4.87. The second kappa shape index (κ2) is 6.11. The van der Waals surface area contributed by atoms with Gasteiger partial charge in [-0.25, -0.2) is 9.97 Å². The van der Waals surface area contributed by atoms with E-state index in [2.05, 4.69) is 27.0 Å². The van der Waals surface area contributed by atoms with Crippen molar-refractivity contribution in [1.29, 1.82) is 0 Å². The Hall–Kier alpha value is -2.48.